The van der Waals surface area contributed by atoms with E-state index in [4.69, 9.17) is 16.7 Å². The van der Waals surface area contributed by atoms with Crippen LogP contribution in [0.1, 0.15) is 25.7 Å². The van der Waals surface area contributed by atoms with E-state index in [0.717, 1.165) is 12.8 Å². The number of carboxylic acids is 1. The van der Waals surface area contributed by atoms with Gasteiger partial charge >= 0.3 is 5.97 Å². The first-order valence-electron chi connectivity index (χ1n) is 4.05. The summed E-state index contributed by atoms with van der Waals surface area (Å²) < 4.78 is 0. The summed E-state index contributed by atoms with van der Waals surface area (Å²) in [6.07, 6.45) is 3.00. The Kier molecular flexibility index (Phi) is 3.09. The summed E-state index contributed by atoms with van der Waals surface area (Å²) >= 11 is 5.29. The zero-order valence-corrected chi connectivity index (χ0v) is 7.38. The monoisotopic (exact) mass is 190 g/mol. The first-order chi connectivity index (χ1) is 5.63. The minimum atomic E-state index is -0.895. The van der Waals surface area contributed by atoms with Crippen molar-refractivity contribution in [3.05, 3.63) is 0 Å². The second-order valence-electron chi connectivity index (χ2n) is 3.14. The van der Waals surface area contributed by atoms with E-state index >= 15 is 0 Å². The summed E-state index contributed by atoms with van der Waals surface area (Å²) in [4.78, 5) is 21.5. The quantitative estimate of drug-likeness (QED) is 0.674. The Bertz CT molecular complexity index is 180. The molecule has 1 fully saturated rings. The van der Waals surface area contributed by atoms with Crippen molar-refractivity contribution in [2.24, 2.45) is 11.8 Å². The SMILES string of the molecule is O=C(O)C1CCCCC1C(=O)Cl. The van der Waals surface area contributed by atoms with E-state index < -0.39 is 23.0 Å². The van der Waals surface area contributed by atoms with Crippen LogP contribution in [-0.2, 0) is 9.59 Å². The molecule has 0 saturated heterocycles. The Morgan fingerprint density at radius 3 is 2.00 bits per heavy atom. The minimum absolute atomic E-state index is 0.460. The third-order valence-corrected chi connectivity index (χ3v) is 2.65. The molecule has 0 amide bonds. The molecular weight excluding hydrogens is 180 g/mol. The largest absolute Gasteiger partial charge is 0.481 e. The Balaban J connectivity index is 2.67. The molecule has 1 aliphatic rings. The lowest BCUT2D eigenvalue weighted by Gasteiger charge is -2.24. The maximum absolute atomic E-state index is 10.8. The van der Waals surface area contributed by atoms with Gasteiger partial charge < -0.3 is 5.11 Å². The van der Waals surface area contributed by atoms with E-state index in [9.17, 15) is 9.59 Å². The standard InChI is InChI=1S/C8H11ClO3/c9-7(10)5-3-1-2-4-6(5)8(11)12/h5-6H,1-4H2,(H,11,12). The highest BCUT2D eigenvalue weighted by atomic mass is 35.5. The van der Waals surface area contributed by atoms with Crippen LogP contribution in [-0.4, -0.2) is 16.3 Å². The molecule has 4 heteroatoms. The van der Waals surface area contributed by atoms with Crippen molar-refractivity contribution in [3.63, 3.8) is 0 Å². The van der Waals surface area contributed by atoms with Gasteiger partial charge in [0.1, 0.15) is 0 Å². The predicted molar refractivity (Wildman–Crippen MR) is 43.9 cm³/mol. The highest BCUT2D eigenvalue weighted by Gasteiger charge is 2.34. The van der Waals surface area contributed by atoms with Crippen molar-refractivity contribution in [1.82, 2.24) is 0 Å². The number of rotatable bonds is 2. The fourth-order valence-corrected chi connectivity index (χ4v) is 1.96. The van der Waals surface area contributed by atoms with E-state index in [1.807, 2.05) is 0 Å². The molecular formula is C8H11ClO3. The molecule has 1 rings (SSSR count). The van der Waals surface area contributed by atoms with E-state index in [2.05, 4.69) is 0 Å². The lowest BCUT2D eigenvalue weighted by molar-refractivity contribution is -0.147. The number of aliphatic carboxylic acids is 1. The van der Waals surface area contributed by atoms with Gasteiger partial charge in [-0.25, -0.2) is 0 Å². The molecule has 0 heterocycles. The number of hydrogen-bond acceptors (Lipinski definition) is 2. The minimum Gasteiger partial charge on any atom is -0.481 e. The molecule has 1 saturated carbocycles. The highest BCUT2D eigenvalue weighted by molar-refractivity contribution is 6.64. The summed E-state index contributed by atoms with van der Waals surface area (Å²) in [5.41, 5.74) is 0. The van der Waals surface area contributed by atoms with Crippen LogP contribution in [0.25, 0.3) is 0 Å². The van der Waals surface area contributed by atoms with Crippen molar-refractivity contribution in [3.8, 4) is 0 Å². The molecule has 0 spiro atoms. The van der Waals surface area contributed by atoms with Crippen LogP contribution in [0.5, 0.6) is 0 Å². The summed E-state index contributed by atoms with van der Waals surface area (Å²) in [6, 6.07) is 0. The van der Waals surface area contributed by atoms with Gasteiger partial charge in [-0.15, -0.1) is 0 Å². The zero-order chi connectivity index (χ0) is 9.14. The average Bonchev–Trinajstić information content (AvgIpc) is 2.04. The van der Waals surface area contributed by atoms with Gasteiger partial charge in [-0.2, -0.15) is 0 Å². The third kappa shape index (κ3) is 1.97. The molecule has 68 valence electrons. The molecule has 2 atom stereocenters. The second-order valence-corrected chi connectivity index (χ2v) is 3.51. The first kappa shape index (κ1) is 9.52. The Labute approximate surface area is 75.7 Å². The van der Waals surface area contributed by atoms with Gasteiger partial charge in [0, 0.05) is 5.92 Å². The summed E-state index contributed by atoms with van der Waals surface area (Å²) in [5, 5.41) is 8.25. The van der Waals surface area contributed by atoms with Gasteiger partial charge in [0.15, 0.2) is 0 Å². The van der Waals surface area contributed by atoms with Gasteiger partial charge in [-0.05, 0) is 24.4 Å². The van der Waals surface area contributed by atoms with Crippen molar-refractivity contribution in [2.75, 3.05) is 0 Å². The molecule has 0 aromatic rings. The molecule has 0 radical (unpaired) electrons. The van der Waals surface area contributed by atoms with E-state index in [-0.39, 0.29) is 0 Å². The van der Waals surface area contributed by atoms with E-state index in [0.29, 0.717) is 12.8 Å². The summed E-state index contributed by atoms with van der Waals surface area (Å²) in [6.45, 7) is 0. The smallest absolute Gasteiger partial charge is 0.307 e. The van der Waals surface area contributed by atoms with Crippen LogP contribution >= 0.6 is 11.6 Å². The van der Waals surface area contributed by atoms with Crippen LogP contribution in [0.15, 0.2) is 0 Å². The van der Waals surface area contributed by atoms with Crippen molar-refractivity contribution in [1.29, 1.82) is 0 Å². The Morgan fingerprint density at radius 2 is 1.67 bits per heavy atom. The Morgan fingerprint density at radius 1 is 1.17 bits per heavy atom. The normalized spacial score (nSPS) is 29.8. The second kappa shape index (κ2) is 3.90. The molecule has 1 N–H and O–H groups in total. The summed E-state index contributed by atoms with van der Waals surface area (Å²) in [7, 11) is 0. The topological polar surface area (TPSA) is 54.4 Å². The fraction of sp³-hybridized carbons (Fsp3) is 0.750. The van der Waals surface area contributed by atoms with Crippen LogP contribution in [0.2, 0.25) is 0 Å². The number of hydrogen-bond donors (Lipinski definition) is 1. The maximum Gasteiger partial charge on any atom is 0.307 e. The molecule has 12 heavy (non-hydrogen) atoms. The van der Waals surface area contributed by atoms with Crippen molar-refractivity contribution >= 4 is 22.8 Å². The molecule has 1 aliphatic carbocycles. The van der Waals surface area contributed by atoms with Crippen LogP contribution in [0.3, 0.4) is 0 Å². The van der Waals surface area contributed by atoms with Gasteiger partial charge in [0.05, 0.1) is 5.92 Å². The number of carboxylic acid groups (broad SMARTS) is 1. The van der Waals surface area contributed by atoms with Crippen LogP contribution < -0.4 is 0 Å². The molecule has 0 bridgehead atoms. The van der Waals surface area contributed by atoms with Gasteiger partial charge in [-0.1, -0.05) is 12.8 Å². The van der Waals surface area contributed by atoms with E-state index in [1.165, 1.54) is 0 Å². The number of halogens is 1. The number of carbonyl (C=O) groups excluding carboxylic acids is 1. The van der Waals surface area contributed by atoms with Crippen LogP contribution in [0, 0.1) is 11.8 Å². The average molecular weight is 191 g/mol. The van der Waals surface area contributed by atoms with Gasteiger partial charge in [-0.3, -0.25) is 9.59 Å². The lowest BCUT2D eigenvalue weighted by Crippen LogP contribution is -2.30. The lowest BCUT2D eigenvalue weighted by atomic mass is 9.80. The predicted octanol–water partition coefficient (Wildman–Crippen LogP) is 1.64. The first-order valence-corrected chi connectivity index (χ1v) is 4.43. The Hall–Kier alpha value is -0.570. The molecule has 3 nitrogen and oxygen atoms in total. The summed E-state index contributed by atoms with van der Waals surface area (Å²) in [5.74, 6) is -1.91. The fourth-order valence-electron chi connectivity index (χ4n) is 1.70. The van der Waals surface area contributed by atoms with Gasteiger partial charge in [0.2, 0.25) is 5.24 Å². The van der Waals surface area contributed by atoms with Crippen molar-refractivity contribution < 1.29 is 14.7 Å². The van der Waals surface area contributed by atoms with Crippen LogP contribution in [0.4, 0.5) is 0 Å². The third-order valence-electron chi connectivity index (χ3n) is 2.37. The van der Waals surface area contributed by atoms with Gasteiger partial charge in [0.25, 0.3) is 0 Å². The van der Waals surface area contributed by atoms with Crippen molar-refractivity contribution in [2.45, 2.75) is 25.7 Å². The highest BCUT2D eigenvalue weighted by Crippen LogP contribution is 2.31. The maximum atomic E-state index is 10.8. The number of carbonyl (C=O) groups is 2. The molecule has 2 unspecified atom stereocenters. The zero-order valence-electron chi connectivity index (χ0n) is 6.62. The molecule has 0 aromatic carbocycles. The molecule has 0 aromatic heterocycles. The van der Waals surface area contributed by atoms with E-state index in [1.54, 1.807) is 0 Å². The molecule has 0 aliphatic heterocycles.